The summed E-state index contributed by atoms with van der Waals surface area (Å²) in [7, 11) is 1.78. The fraction of sp³-hybridized carbons (Fsp3) is 0.267. The lowest BCUT2D eigenvalue weighted by molar-refractivity contribution is -0.116. The van der Waals surface area contributed by atoms with E-state index in [2.05, 4.69) is 15.7 Å². The van der Waals surface area contributed by atoms with Crippen LogP contribution >= 0.6 is 0 Å². The fourth-order valence-corrected chi connectivity index (χ4v) is 1.90. The summed E-state index contributed by atoms with van der Waals surface area (Å²) in [5.74, 6) is 0.158. The van der Waals surface area contributed by atoms with Crippen LogP contribution in [-0.4, -0.2) is 28.1 Å². The summed E-state index contributed by atoms with van der Waals surface area (Å²) in [5, 5.41) is 9.45. The molecule has 1 heterocycles. The standard InChI is InChI=1S/C15H18N4O2/c1-11-5-3-4-6-12(11)15(21)16-9-7-14(20)17-13-8-10-19(2)18-13/h3-6,8,10H,7,9H2,1-2H3,(H,16,21)(H,17,18,20). The fourth-order valence-electron chi connectivity index (χ4n) is 1.90. The second-order valence-electron chi connectivity index (χ2n) is 4.74. The zero-order chi connectivity index (χ0) is 15.2. The topological polar surface area (TPSA) is 76.0 Å². The summed E-state index contributed by atoms with van der Waals surface area (Å²) in [5.41, 5.74) is 1.54. The summed E-state index contributed by atoms with van der Waals surface area (Å²) in [6.07, 6.45) is 1.95. The van der Waals surface area contributed by atoms with Gasteiger partial charge < -0.3 is 10.6 Å². The van der Waals surface area contributed by atoms with Crippen LogP contribution in [0.3, 0.4) is 0 Å². The molecule has 0 spiro atoms. The molecule has 0 radical (unpaired) electrons. The molecular formula is C15H18N4O2. The number of benzene rings is 1. The number of aryl methyl sites for hydroxylation is 2. The van der Waals surface area contributed by atoms with Crippen LogP contribution in [-0.2, 0) is 11.8 Å². The predicted molar refractivity (Wildman–Crippen MR) is 80.0 cm³/mol. The SMILES string of the molecule is Cc1ccccc1C(=O)NCCC(=O)Nc1ccn(C)n1. The third-order valence-corrected chi connectivity index (χ3v) is 3.01. The van der Waals surface area contributed by atoms with Gasteiger partial charge in [0.2, 0.25) is 5.91 Å². The Kier molecular flexibility index (Phi) is 4.71. The molecule has 21 heavy (non-hydrogen) atoms. The first-order valence-electron chi connectivity index (χ1n) is 6.69. The highest BCUT2D eigenvalue weighted by molar-refractivity contribution is 5.96. The van der Waals surface area contributed by atoms with Gasteiger partial charge in [0.25, 0.3) is 5.91 Å². The predicted octanol–water partition coefficient (Wildman–Crippen LogP) is 1.49. The largest absolute Gasteiger partial charge is 0.352 e. The number of rotatable bonds is 5. The van der Waals surface area contributed by atoms with Gasteiger partial charge in [0.1, 0.15) is 0 Å². The first kappa shape index (κ1) is 14.8. The molecule has 0 unspecified atom stereocenters. The summed E-state index contributed by atoms with van der Waals surface area (Å²) < 4.78 is 1.61. The maximum atomic E-state index is 12.0. The van der Waals surface area contributed by atoms with E-state index in [4.69, 9.17) is 0 Å². The number of hydrogen-bond donors (Lipinski definition) is 2. The lowest BCUT2D eigenvalue weighted by Crippen LogP contribution is -2.28. The molecule has 0 fully saturated rings. The Bertz CT molecular complexity index is 649. The molecule has 0 aliphatic heterocycles. The smallest absolute Gasteiger partial charge is 0.251 e. The van der Waals surface area contributed by atoms with E-state index < -0.39 is 0 Å². The van der Waals surface area contributed by atoms with Crippen molar-refractivity contribution in [1.29, 1.82) is 0 Å². The van der Waals surface area contributed by atoms with Gasteiger partial charge in [-0.05, 0) is 18.6 Å². The number of anilines is 1. The molecule has 6 nitrogen and oxygen atoms in total. The summed E-state index contributed by atoms with van der Waals surface area (Å²) in [4.78, 5) is 23.6. The molecule has 2 aromatic rings. The molecule has 6 heteroatoms. The first-order chi connectivity index (χ1) is 10.1. The average Bonchev–Trinajstić information content (AvgIpc) is 2.84. The molecule has 2 rings (SSSR count). The minimum Gasteiger partial charge on any atom is -0.352 e. The molecule has 1 aromatic heterocycles. The molecule has 110 valence electrons. The Hall–Kier alpha value is -2.63. The Balaban J connectivity index is 1.77. The number of carbonyl (C=O) groups excluding carboxylic acids is 2. The van der Waals surface area contributed by atoms with Crippen molar-refractivity contribution < 1.29 is 9.59 Å². The van der Waals surface area contributed by atoms with E-state index in [-0.39, 0.29) is 24.8 Å². The van der Waals surface area contributed by atoms with Crippen molar-refractivity contribution in [3.63, 3.8) is 0 Å². The molecule has 0 saturated heterocycles. The zero-order valence-electron chi connectivity index (χ0n) is 12.1. The van der Waals surface area contributed by atoms with E-state index in [9.17, 15) is 9.59 Å². The van der Waals surface area contributed by atoms with Crippen LogP contribution < -0.4 is 10.6 Å². The highest BCUT2D eigenvalue weighted by Crippen LogP contribution is 2.06. The molecule has 0 atom stereocenters. The number of aromatic nitrogens is 2. The molecule has 0 bridgehead atoms. The summed E-state index contributed by atoms with van der Waals surface area (Å²) in [6.45, 7) is 2.16. The molecular weight excluding hydrogens is 268 g/mol. The number of nitrogens with one attached hydrogen (secondary N) is 2. The highest BCUT2D eigenvalue weighted by Gasteiger charge is 2.09. The Labute approximate surface area is 123 Å². The van der Waals surface area contributed by atoms with Gasteiger partial charge in [-0.25, -0.2) is 0 Å². The maximum Gasteiger partial charge on any atom is 0.251 e. The van der Waals surface area contributed by atoms with Crippen molar-refractivity contribution in [3.8, 4) is 0 Å². The molecule has 2 amide bonds. The minimum atomic E-state index is -0.182. The average molecular weight is 286 g/mol. The lowest BCUT2D eigenvalue weighted by Gasteiger charge is -2.07. The van der Waals surface area contributed by atoms with Crippen LogP contribution in [0.25, 0.3) is 0 Å². The van der Waals surface area contributed by atoms with Crippen LogP contribution in [0.2, 0.25) is 0 Å². The first-order valence-corrected chi connectivity index (χ1v) is 6.69. The maximum absolute atomic E-state index is 12.0. The van der Waals surface area contributed by atoms with Crippen molar-refractivity contribution >= 4 is 17.6 Å². The van der Waals surface area contributed by atoms with E-state index in [1.165, 1.54) is 0 Å². The normalized spacial score (nSPS) is 10.2. The molecule has 0 saturated carbocycles. The van der Waals surface area contributed by atoms with E-state index >= 15 is 0 Å². The monoisotopic (exact) mass is 286 g/mol. The van der Waals surface area contributed by atoms with Crippen LogP contribution in [0.1, 0.15) is 22.3 Å². The van der Waals surface area contributed by atoms with E-state index in [1.54, 1.807) is 30.1 Å². The molecule has 0 aliphatic carbocycles. The second-order valence-corrected chi connectivity index (χ2v) is 4.74. The summed E-state index contributed by atoms with van der Waals surface area (Å²) >= 11 is 0. The lowest BCUT2D eigenvalue weighted by atomic mass is 10.1. The number of amides is 2. The van der Waals surface area contributed by atoms with Crippen LogP contribution in [0.4, 0.5) is 5.82 Å². The highest BCUT2D eigenvalue weighted by atomic mass is 16.2. The second kappa shape index (κ2) is 6.69. The third kappa shape index (κ3) is 4.17. The van der Waals surface area contributed by atoms with Crippen LogP contribution in [0, 0.1) is 6.92 Å². The van der Waals surface area contributed by atoms with Gasteiger partial charge in [0.15, 0.2) is 5.82 Å². The molecule has 0 aliphatic rings. The van der Waals surface area contributed by atoms with Gasteiger partial charge in [-0.3, -0.25) is 14.3 Å². The minimum absolute atomic E-state index is 0.168. The van der Waals surface area contributed by atoms with Crippen LogP contribution in [0.15, 0.2) is 36.5 Å². The van der Waals surface area contributed by atoms with Crippen molar-refractivity contribution in [2.45, 2.75) is 13.3 Å². The molecule has 1 aromatic carbocycles. The third-order valence-electron chi connectivity index (χ3n) is 3.01. The Morgan fingerprint density at radius 3 is 2.67 bits per heavy atom. The van der Waals surface area contributed by atoms with Crippen molar-refractivity contribution in [2.75, 3.05) is 11.9 Å². The number of carbonyl (C=O) groups is 2. The van der Waals surface area contributed by atoms with E-state index in [1.807, 2.05) is 25.1 Å². The quantitative estimate of drug-likeness (QED) is 0.874. The van der Waals surface area contributed by atoms with Gasteiger partial charge in [-0.1, -0.05) is 18.2 Å². The van der Waals surface area contributed by atoms with E-state index in [0.717, 1.165) is 5.56 Å². The van der Waals surface area contributed by atoms with Gasteiger partial charge in [0.05, 0.1) is 0 Å². The van der Waals surface area contributed by atoms with Crippen molar-refractivity contribution in [3.05, 3.63) is 47.7 Å². The number of hydrogen-bond acceptors (Lipinski definition) is 3. The zero-order valence-corrected chi connectivity index (χ0v) is 12.1. The van der Waals surface area contributed by atoms with Crippen LogP contribution in [0.5, 0.6) is 0 Å². The van der Waals surface area contributed by atoms with Gasteiger partial charge in [-0.15, -0.1) is 0 Å². The number of nitrogens with zero attached hydrogens (tertiary/aromatic N) is 2. The molecule has 2 N–H and O–H groups in total. The van der Waals surface area contributed by atoms with Crippen molar-refractivity contribution in [1.82, 2.24) is 15.1 Å². The van der Waals surface area contributed by atoms with Gasteiger partial charge in [0, 0.05) is 37.8 Å². The Morgan fingerprint density at radius 2 is 2.00 bits per heavy atom. The van der Waals surface area contributed by atoms with E-state index in [0.29, 0.717) is 11.4 Å². The van der Waals surface area contributed by atoms with Gasteiger partial charge in [-0.2, -0.15) is 5.10 Å². The van der Waals surface area contributed by atoms with Gasteiger partial charge >= 0.3 is 0 Å². The Morgan fingerprint density at radius 1 is 1.24 bits per heavy atom. The summed E-state index contributed by atoms with van der Waals surface area (Å²) in [6, 6.07) is 9.05. The van der Waals surface area contributed by atoms with Crippen molar-refractivity contribution in [2.24, 2.45) is 7.05 Å².